The van der Waals surface area contributed by atoms with E-state index in [1.165, 1.54) is 37.7 Å². The zero-order chi connectivity index (χ0) is 13.1. The van der Waals surface area contributed by atoms with E-state index in [0.29, 0.717) is 23.5 Å². The second-order valence-electron chi connectivity index (χ2n) is 6.30. The molecule has 0 heterocycles. The molecule has 2 saturated carbocycles. The first-order valence-electron chi connectivity index (χ1n) is 7.95. The normalized spacial score (nSPS) is 28.4. The van der Waals surface area contributed by atoms with Crippen molar-refractivity contribution >= 4 is 5.78 Å². The van der Waals surface area contributed by atoms with E-state index >= 15 is 0 Å². The van der Waals surface area contributed by atoms with Crippen molar-refractivity contribution in [1.82, 2.24) is 0 Å². The van der Waals surface area contributed by atoms with Crippen LogP contribution in [0, 0.1) is 11.8 Å². The van der Waals surface area contributed by atoms with Crippen LogP contribution in [-0.2, 0) is 4.79 Å². The number of ketones is 1. The smallest absolute Gasteiger partial charge is 0.139 e. The van der Waals surface area contributed by atoms with Crippen molar-refractivity contribution in [2.45, 2.75) is 57.3 Å². The van der Waals surface area contributed by atoms with Crippen LogP contribution in [0.5, 0.6) is 0 Å². The first-order chi connectivity index (χ1) is 9.36. The molecule has 0 aliphatic heterocycles. The topological polar surface area (TPSA) is 17.1 Å². The van der Waals surface area contributed by atoms with Crippen LogP contribution >= 0.6 is 0 Å². The highest BCUT2D eigenvalue weighted by atomic mass is 16.1. The molecule has 0 spiro atoms. The summed E-state index contributed by atoms with van der Waals surface area (Å²) in [5.41, 5.74) is 1.37. The minimum absolute atomic E-state index is 0.340. The van der Waals surface area contributed by atoms with Gasteiger partial charge in [0.05, 0.1) is 0 Å². The Morgan fingerprint density at radius 3 is 2.21 bits per heavy atom. The molecule has 1 aromatic carbocycles. The Morgan fingerprint density at radius 2 is 1.53 bits per heavy atom. The molecule has 0 aromatic heterocycles. The van der Waals surface area contributed by atoms with Crippen LogP contribution in [0.2, 0.25) is 0 Å². The lowest BCUT2D eigenvalue weighted by Gasteiger charge is -2.18. The highest BCUT2D eigenvalue weighted by Gasteiger charge is 2.45. The number of benzene rings is 1. The molecule has 1 nitrogen and oxygen atoms in total. The van der Waals surface area contributed by atoms with E-state index in [9.17, 15) is 4.79 Å². The minimum Gasteiger partial charge on any atom is -0.299 e. The summed E-state index contributed by atoms with van der Waals surface area (Å²) in [5, 5.41) is 0. The van der Waals surface area contributed by atoms with Crippen LogP contribution in [0.15, 0.2) is 30.3 Å². The summed E-state index contributed by atoms with van der Waals surface area (Å²) in [7, 11) is 0. The highest BCUT2D eigenvalue weighted by molar-refractivity contribution is 5.87. The second-order valence-corrected chi connectivity index (χ2v) is 6.30. The molecule has 2 fully saturated rings. The quantitative estimate of drug-likeness (QED) is 0.764. The molecule has 0 bridgehead atoms. The zero-order valence-corrected chi connectivity index (χ0v) is 11.7. The molecule has 2 unspecified atom stereocenters. The van der Waals surface area contributed by atoms with Crippen LogP contribution in [-0.4, -0.2) is 5.78 Å². The van der Waals surface area contributed by atoms with Crippen molar-refractivity contribution in [1.29, 1.82) is 0 Å². The van der Waals surface area contributed by atoms with Gasteiger partial charge in [0.1, 0.15) is 5.78 Å². The van der Waals surface area contributed by atoms with Gasteiger partial charge in [-0.1, -0.05) is 62.4 Å². The van der Waals surface area contributed by atoms with Gasteiger partial charge in [-0.25, -0.2) is 0 Å². The number of carbonyl (C=O) groups is 1. The van der Waals surface area contributed by atoms with Crippen LogP contribution in [0.4, 0.5) is 0 Å². The number of carbonyl (C=O) groups excluding carboxylic acids is 1. The molecule has 1 aromatic rings. The van der Waals surface area contributed by atoms with E-state index in [1.54, 1.807) is 0 Å². The van der Waals surface area contributed by atoms with E-state index in [2.05, 4.69) is 30.3 Å². The van der Waals surface area contributed by atoms with Gasteiger partial charge in [-0.2, -0.15) is 0 Å². The fourth-order valence-corrected chi connectivity index (χ4v) is 3.62. The molecule has 0 saturated heterocycles. The summed E-state index contributed by atoms with van der Waals surface area (Å²) in [6.07, 6.45) is 9.95. The predicted molar refractivity (Wildman–Crippen MR) is 78.1 cm³/mol. The van der Waals surface area contributed by atoms with Gasteiger partial charge in [0, 0.05) is 11.8 Å². The first kappa shape index (κ1) is 12.9. The SMILES string of the molecule is O=C(C1CCCCCCC1)C1CC1c1ccccc1. The highest BCUT2D eigenvalue weighted by Crippen LogP contribution is 2.50. The summed E-state index contributed by atoms with van der Waals surface area (Å²) < 4.78 is 0. The number of hydrogen-bond acceptors (Lipinski definition) is 1. The van der Waals surface area contributed by atoms with Crippen LogP contribution in [0.25, 0.3) is 0 Å². The summed E-state index contributed by atoms with van der Waals surface area (Å²) in [6, 6.07) is 10.6. The maximum atomic E-state index is 12.6. The number of rotatable bonds is 3. The molecule has 1 heteroatoms. The van der Waals surface area contributed by atoms with E-state index in [0.717, 1.165) is 19.3 Å². The Bertz CT molecular complexity index is 415. The average Bonchev–Trinajstić information content (AvgIpc) is 3.19. The fourth-order valence-electron chi connectivity index (χ4n) is 3.62. The van der Waals surface area contributed by atoms with Gasteiger partial charge >= 0.3 is 0 Å². The summed E-state index contributed by atoms with van der Waals surface area (Å²) >= 11 is 0. The molecule has 102 valence electrons. The molecule has 2 aliphatic carbocycles. The Morgan fingerprint density at radius 1 is 0.895 bits per heavy atom. The van der Waals surface area contributed by atoms with Gasteiger partial charge < -0.3 is 0 Å². The molecular weight excluding hydrogens is 232 g/mol. The summed E-state index contributed by atoms with van der Waals surface area (Å²) in [4.78, 5) is 12.6. The van der Waals surface area contributed by atoms with Crippen LogP contribution in [0.1, 0.15) is 62.8 Å². The molecule has 0 N–H and O–H groups in total. The lowest BCUT2D eigenvalue weighted by Crippen LogP contribution is -2.18. The second kappa shape index (κ2) is 5.90. The lowest BCUT2D eigenvalue weighted by molar-refractivity contribution is -0.124. The average molecular weight is 256 g/mol. The molecule has 19 heavy (non-hydrogen) atoms. The number of hydrogen-bond donors (Lipinski definition) is 0. The van der Waals surface area contributed by atoms with E-state index in [-0.39, 0.29) is 0 Å². The van der Waals surface area contributed by atoms with Gasteiger partial charge in [0.25, 0.3) is 0 Å². The largest absolute Gasteiger partial charge is 0.299 e. The van der Waals surface area contributed by atoms with Crippen LogP contribution in [0.3, 0.4) is 0 Å². The molecule has 2 atom stereocenters. The first-order valence-corrected chi connectivity index (χ1v) is 7.95. The van der Waals surface area contributed by atoms with Gasteiger partial charge in [0.2, 0.25) is 0 Å². The van der Waals surface area contributed by atoms with Crippen molar-refractivity contribution in [3.05, 3.63) is 35.9 Å². The van der Waals surface area contributed by atoms with E-state index in [1.807, 2.05) is 0 Å². The Balaban J connectivity index is 1.59. The summed E-state index contributed by atoms with van der Waals surface area (Å²) in [6.45, 7) is 0. The minimum atomic E-state index is 0.340. The lowest BCUT2D eigenvalue weighted by atomic mass is 9.86. The van der Waals surface area contributed by atoms with Crippen molar-refractivity contribution in [3.8, 4) is 0 Å². The van der Waals surface area contributed by atoms with Crippen molar-refractivity contribution in [3.63, 3.8) is 0 Å². The third-order valence-corrected chi connectivity index (χ3v) is 4.89. The third-order valence-electron chi connectivity index (χ3n) is 4.89. The Kier molecular flexibility index (Phi) is 4.00. The van der Waals surface area contributed by atoms with E-state index in [4.69, 9.17) is 0 Å². The molecular formula is C18H24O. The number of Topliss-reactive ketones (excluding diaryl/α,β-unsaturated/α-hetero) is 1. The van der Waals surface area contributed by atoms with Gasteiger partial charge in [-0.15, -0.1) is 0 Å². The summed E-state index contributed by atoms with van der Waals surface area (Å²) in [5.74, 6) is 1.82. The van der Waals surface area contributed by atoms with Gasteiger partial charge in [-0.3, -0.25) is 4.79 Å². The third kappa shape index (κ3) is 3.08. The van der Waals surface area contributed by atoms with E-state index < -0.39 is 0 Å². The maximum absolute atomic E-state index is 12.6. The fraction of sp³-hybridized carbons (Fsp3) is 0.611. The zero-order valence-electron chi connectivity index (χ0n) is 11.7. The Labute approximate surface area is 116 Å². The standard InChI is InChI=1S/C18H24O/c19-18(15-11-5-2-1-3-6-12-15)17-13-16(17)14-9-7-4-8-10-14/h4,7-10,15-17H,1-3,5-6,11-13H2. The van der Waals surface area contributed by atoms with Crippen molar-refractivity contribution in [2.24, 2.45) is 11.8 Å². The maximum Gasteiger partial charge on any atom is 0.139 e. The van der Waals surface area contributed by atoms with Crippen LogP contribution < -0.4 is 0 Å². The van der Waals surface area contributed by atoms with Gasteiger partial charge in [-0.05, 0) is 30.7 Å². The molecule has 3 rings (SSSR count). The molecule has 2 aliphatic rings. The predicted octanol–water partition coefficient (Wildman–Crippen LogP) is 4.72. The monoisotopic (exact) mass is 256 g/mol. The van der Waals surface area contributed by atoms with Gasteiger partial charge in [0.15, 0.2) is 0 Å². The van der Waals surface area contributed by atoms with Crippen molar-refractivity contribution in [2.75, 3.05) is 0 Å². The Hall–Kier alpha value is -1.11. The van der Waals surface area contributed by atoms with Crippen molar-refractivity contribution < 1.29 is 4.79 Å². The molecule has 0 amide bonds. The molecule has 0 radical (unpaired) electrons.